The van der Waals surface area contributed by atoms with Crippen LogP contribution in [0.4, 0.5) is 14.5 Å². The van der Waals surface area contributed by atoms with E-state index in [1.54, 1.807) is 30.3 Å². The number of hydrogen-bond donors (Lipinski definition) is 2. The van der Waals surface area contributed by atoms with E-state index in [0.29, 0.717) is 5.69 Å². The summed E-state index contributed by atoms with van der Waals surface area (Å²) in [6.07, 6.45) is 0. The van der Waals surface area contributed by atoms with Gasteiger partial charge in [-0.15, -0.1) is 0 Å². The van der Waals surface area contributed by atoms with Crippen LogP contribution in [0.3, 0.4) is 0 Å². The molecule has 10 heteroatoms. The maximum Gasteiger partial charge on any atom is 0.387 e. The van der Waals surface area contributed by atoms with Crippen molar-refractivity contribution in [3.8, 4) is 11.5 Å². The number of methoxy groups -OCH3 is 1. The number of anilines is 1. The molecule has 0 unspecified atom stereocenters. The van der Waals surface area contributed by atoms with Crippen LogP contribution in [0.15, 0.2) is 48.5 Å². The fraction of sp³-hybridized carbons (Fsp3) is 0.211. The average Bonchev–Trinajstić information content (AvgIpc) is 2.71. The molecule has 8 nitrogen and oxygen atoms in total. The molecule has 0 saturated carbocycles. The van der Waals surface area contributed by atoms with Crippen LogP contribution >= 0.6 is 0 Å². The minimum absolute atomic E-state index is 0.0538. The third-order valence-corrected chi connectivity index (χ3v) is 3.46. The predicted octanol–water partition coefficient (Wildman–Crippen LogP) is 2.21. The van der Waals surface area contributed by atoms with Crippen LogP contribution in [-0.2, 0) is 14.3 Å². The van der Waals surface area contributed by atoms with Gasteiger partial charge >= 0.3 is 12.6 Å². The van der Waals surface area contributed by atoms with Crippen LogP contribution in [0.25, 0.3) is 0 Å². The lowest BCUT2D eigenvalue weighted by Gasteiger charge is -2.11. The number of ether oxygens (including phenoxy) is 3. The lowest BCUT2D eigenvalue weighted by Crippen LogP contribution is -2.32. The molecule has 2 aromatic rings. The first-order valence-electron chi connectivity index (χ1n) is 8.30. The van der Waals surface area contributed by atoms with Gasteiger partial charge in [-0.1, -0.05) is 18.2 Å². The molecule has 0 atom stereocenters. The van der Waals surface area contributed by atoms with Gasteiger partial charge in [0.15, 0.2) is 18.1 Å². The number of benzene rings is 2. The highest BCUT2D eigenvalue weighted by Crippen LogP contribution is 2.29. The average molecular weight is 408 g/mol. The Hall–Kier alpha value is -3.69. The van der Waals surface area contributed by atoms with Crippen molar-refractivity contribution in [2.24, 2.45) is 0 Å². The van der Waals surface area contributed by atoms with Crippen molar-refractivity contribution in [3.05, 3.63) is 54.1 Å². The van der Waals surface area contributed by atoms with Crippen LogP contribution in [0, 0.1) is 0 Å². The van der Waals surface area contributed by atoms with Gasteiger partial charge in [0, 0.05) is 11.3 Å². The summed E-state index contributed by atoms with van der Waals surface area (Å²) in [5, 5.41) is 4.83. The minimum atomic E-state index is -3.04. The number of esters is 1. The number of alkyl halides is 2. The summed E-state index contributed by atoms with van der Waals surface area (Å²) in [5.41, 5.74) is 0.605. The SMILES string of the molecule is COc1cc(C(=O)NCC(=O)OCC(=O)Nc2ccccc2)ccc1OC(F)F. The number of amides is 2. The number of hydrogen-bond acceptors (Lipinski definition) is 6. The smallest absolute Gasteiger partial charge is 0.387 e. The van der Waals surface area contributed by atoms with E-state index in [4.69, 9.17) is 9.47 Å². The van der Waals surface area contributed by atoms with Crippen LogP contribution in [0.5, 0.6) is 11.5 Å². The highest BCUT2D eigenvalue weighted by molar-refractivity contribution is 5.97. The van der Waals surface area contributed by atoms with E-state index in [1.807, 2.05) is 0 Å². The van der Waals surface area contributed by atoms with Crippen molar-refractivity contribution in [2.75, 3.05) is 25.6 Å². The minimum Gasteiger partial charge on any atom is -0.493 e. The van der Waals surface area contributed by atoms with Gasteiger partial charge < -0.3 is 24.8 Å². The molecular weight excluding hydrogens is 390 g/mol. The number of para-hydroxylation sites is 1. The largest absolute Gasteiger partial charge is 0.493 e. The van der Waals surface area contributed by atoms with Crippen molar-refractivity contribution < 1.29 is 37.4 Å². The highest BCUT2D eigenvalue weighted by Gasteiger charge is 2.15. The summed E-state index contributed by atoms with van der Waals surface area (Å²) in [7, 11) is 1.23. The van der Waals surface area contributed by atoms with Crippen LogP contribution in [0.2, 0.25) is 0 Å². The zero-order valence-electron chi connectivity index (χ0n) is 15.3. The van der Waals surface area contributed by atoms with Gasteiger partial charge in [0.2, 0.25) is 0 Å². The summed E-state index contributed by atoms with van der Waals surface area (Å²) in [6, 6.07) is 12.2. The first kappa shape index (κ1) is 21.6. The molecule has 0 aromatic heterocycles. The number of nitrogens with one attached hydrogen (secondary N) is 2. The van der Waals surface area contributed by atoms with Gasteiger partial charge in [-0.2, -0.15) is 8.78 Å². The maximum absolute atomic E-state index is 12.3. The van der Waals surface area contributed by atoms with E-state index in [0.717, 1.165) is 6.07 Å². The quantitative estimate of drug-likeness (QED) is 0.617. The molecule has 0 aliphatic rings. The molecular formula is C19H18F2N2O6. The number of halogens is 2. The molecule has 0 radical (unpaired) electrons. The Morgan fingerprint density at radius 2 is 1.76 bits per heavy atom. The fourth-order valence-electron chi connectivity index (χ4n) is 2.17. The van der Waals surface area contributed by atoms with E-state index in [1.165, 1.54) is 19.2 Å². The lowest BCUT2D eigenvalue weighted by molar-refractivity contribution is -0.146. The third kappa shape index (κ3) is 7.09. The molecule has 154 valence electrons. The van der Waals surface area contributed by atoms with Crippen molar-refractivity contribution in [3.63, 3.8) is 0 Å². The Morgan fingerprint density at radius 3 is 2.41 bits per heavy atom. The Labute approximate surface area is 164 Å². The molecule has 0 spiro atoms. The van der Waals surface area contributed by atoms with Gasteiger partial charge in [0.25, 0.3) is 11.8 Å². The molecule has 29 heavy (non-hydrogen) atoms. The molecule has 0 heterocycles. The zero-order chi connectivity index (χ0) is 21.2. The molecule has 0 bridgehead atoms. The summed E-state index contributed by atoms with van der Waals surface area (Å²) in [4.78, 5) is 35.5. The van der Waals surface area contributed by atoms with Gasteiger partial charge in [0.1, 0.15) is 6.54 Å². The van der Waals surface area contributed by atoms with E-state index in [9.17, 15) is 23.2 Å². The maximum atomic E-state index is 12.3. The Balaban J connectivity index is 1.80. The fourth-order valence-corrected chi connectivity index (χ4v) is 2.17. The zero-order valence-corrected chi connectivity index (χ0v) is 15.3. The van der Waals surface area contributed by atoms with Crippen molar-refractivity contribution >= 4 is 23.5 Å². The summed E-state index contributed by atoms with van der Waals surface area (Å²) in [5.74, 6) is -2.33. The Morgan fingerprint density at radius 1 is 1.03 bits per heavy atom. The Kier molecular flexibility index (Phi) is 7.89. The summed E-state index contributed by atoms with van der Waals surface area (Å²) in [6.45, 7) is -4.05. The lowest BCUT2D eigenvalue weighted by atomic mass is 10.2. The summed E-state index contributed by atoms with van der Waals surface area (Å²) < 4.78 is 38.6. The summed E-state index contributed by atoms with van der Waals surface area (Å²) >= 11 is 0. The molecule has 2 aromatic carbocycles. The Bertz CT molecular complexity index is 861. The van der Waals surface area contributed by atoms with Gasteiger partial charge in [0.05, 0.1) is 7.11 Å². The predicted molar refractivity (Wildman–Crippen MR) is 98.0 cm³/mol. The van der Waals surface area contributed by atoms with Crippen molar-refractivity contribution in [1.29, 1.82) is 0 Å². The van der Waals surface area contributed by atoms with Crippen molar-refractivity contribution in [2.45, 2.75) is 6.61 Å². The van der Waals surface area contributed by atoms with E-state index in [-0.39, 0.29) is 17.1 Å². The van der Waals surface area contributed by atoms with E-state index < -0.39 is 37.5 Å². The molecule has 0 aliphatic heterocycles. The first-order valence-corrected chi connectivity index (χ1v) is 8.30. The monoisotopic (exact) mass is 408 g/mol. The molecule has 0 aliphatic carbocycles. The second-order valence-electron chi connectivity index (χ2n) is 5.50. The number of rotatable bonds is 9. The second-order valence-corrected chi connectivity index (χ2v) is 5.50. The van der Waals surface area contributed by atoms with Crippen LogP contribution in [0.1, 0.15) is 10.4 Å². The second kappa shape index (κ2) is 10.6. The highest BCUT2D eigenvalue weighted by atomic mass is 19.3. The first-order chi connectivity index (χ1) is 13.9. The molecule has 0 fully saturated rings. The normalized spacial score (nSPS) is 10.2. The third-order valence-electron chi connectivity index (χ3n) is 3.46. The van der Waals surface area contributed by atoms with E-state index in [2.05, 4.69) is 15.4 Å². The van der Waals surface area contributed by atoms with Gasteiger partial charge in [-0.05, 0) is 30.3 Å². The molecule has 2 amide bonds. The number of carbonyl (C=O) groups is 3. The van der Waals surface area contributed by atoms with Gasteiger partial charge in [-0.25, -0.2) is 0 Å². The topological polar surface area (TPSA) is 103 Å². The van der Waals surface area contributed by atoms with Gasteiger partial charge in [-0.3, -0.25) is 14.4 Å². The molecule has 2 N–H and O–H groups in total. The van der Waals surface area contributed by atoms with Crippen LogP contribution < -0.4 is 20.1 Å². The molecule has 2 rings (SSSR count). The standard InChI is InChI=1S/C19H18F2N2O6/c1-27-15-9-12(7-8-14(15)29-19(20)21)18(26)22-10-17(25)28-11-16(24)23-13-5-3-2-4-6-13/h2-9,19H,10-11H2,1H3,(H,22,26)(H,23,24). The van der Waals surface area contributed by atoms with Crippen molar-refractivity contribution in [1.82, 2.24) is 5.32 Å². The van der Waals surface area contributed by atoms with E-state index >= 15 is 0 Å². The van der Waals surface area contributed by atoms with Crippen LogP contribution in [-0.4, -0.2) is 44.7 Å². The number of carbonyl (C=O) groups excluding carboxylic acids is 3. The molecule has 0 saturated heterocycles.